The van der Waals surface area contributed by atoms with E-state index in [0.717, 1.165) is 49.2 Å². The molecule has 2 aliphatic heterocycles. The zero-order valence-electron chi connectivity index (χ0n) is 44.9. The monoisotopic (exact) mass is 1130 g/mol. The molecule has 0 aliphatic carbocycles. The molecule has 80 heavy (non-hydrogen) atoms. The number of hydrogen-bond donors (Lipinski definition) is 13. The van der Waals surface area contributed by atoms with E-state index in [9.17, 15) is 73.8 Å². The van der Waals surface area contributed by atoms with Crippen LogP contribution in [0.25, 0.3) is 0 Å². The molecule has 2 saturated heterocycles. The molecule has 0 spiro atoms. The molecule has 0 saturated carbocycles. The zero-order valence-corrected chi connectivity index (χ0v) is 44.9. The number of carbonyl (C=O) groups is 9. The van der Waals surface area contributed by atoms with Crippen molar-refractivity contribution in [3.05, 3.63) is 29.8 Å². The van der Waals surface area contributed by atoms with Gasteiger partial charge >= 0.3 is 47.9 Å². The molecule has 2 fully saturated rings. The van der Waals surface area contributed by atoms with Crippen molar-refractivity contribution in [1.29, 1.82) is 0 Å². The number of hydrogen-bond acceptors (Lipinski definition) is 19. The number of rotatable bonds is 33. The van der Waals surface area contributed by atoms with Crippen LogP contribution in [0.3, 0.4) is 0 Å². The summed E-state index contributed by atoms with van der Waals surface area (Å²) in [4.78, 5) is 129. The van der Waals surface area contributed by atoms with Gasteiger partial charge in [0, 0.05) is 110 Å². The predicted octanol–water partition coefficient (Wildman–Crippen LogP) is 0.589. The molecule has 0 radical (unpaired) electrons. The number of carboxylic acids is 6. The van der Waals surface area contributed by atoms with Gasteiger partial charge in [0.15, 0.2) is 0 Å². The number of carboxylic acid groups (broad SMARTS) is 7. The first-order chi connectivity index (χ1) is 38.2. The molecule has 2 aliphatic rings. The van der Waals surface area contributed by atoms with Crippen molar-refractivity contribution >= 4 is 77.4 Å². The van der Waals surface area contributed by atoms with Gasteiger partial charge in [-0.25, -0.2) is 19.2 Å². The highest BCUT2D eigenvalue weighted by Gasteiger charge is 2.29. The van der Waals surface area contributed by atoms with Gasteiger partial charge in [-0.1, -0.05) is 44.2 Å². The second kappa shape index (κ2) is 35.0. The van der Waals surface area contributed by atoms with Crippen LogP contribution >= 0.6 is 0 Å². The van der Waals surface area contributed by atoms with Crippen LogP contribution in [0, 0.1) is 0 Å². The first kappa shape index (κ1) is 64.8. The third-order valence-corrected chi connectivity index (χ3v) is 13.3. The molecular formula is C50H78N14O16. The van der Waals surface area contributed by atoms with Crippen LogP contribution in [-0.4, -0.2) is 247 Å². The molecule has 4 rings (SSSR count). The standard InChI is InChI=1S/C50H78N14O16/c65-39(52-17-8-4-5-9-37(44(74)75)55-49(78)56-38(45(76)77)15-16-40(66)67)10-6-2-1-3-7-18-53-46-57-47(59-48(58-46)62-21-19-51-20-22-62)54-35-13-11-34(12-14-35)29-36-30-64(50(79)80)28-26-61(32-42(70)71)24-23-60(31-41(68)69)25-27-63(36)33-43(72)73/h11-14,36-38,51H,1-10,15-33H2,(H,52,65)(H,66,67)(H,68,69)(H,70,71)(H,72,73)(H,74,75)(H,76,77)(H,79,80)(H2,55,56,78)(H2,53,54,57,58,59)/t36?,37-,38-/m0/s1. The van der Waals surface area contributed by atoms with E-state index in [2.05, 4.69) is 41.8 Å². The van der Waals surface area contributed by atoms with Crippen molar-refractivity contribution in [2.24, 2.45) is 0 Å². The van der Waals surface area contributed by atoms with Gasteiger partial charge in [0.25, 0.3) is 0 Å². The van der Waals surface area contributed by atoms with Crippen molar-refractivity contribution in [3.63, 3.8) is 0 Å². The van der Waals surface area contributed by atoms with Gasteiger partial charge in [0.1, 0.15) is 12.1 Å². The smallest absolute Gasteiger partial charge is 0.407 e. The highest BCUT2D eigenvalue weighted by atomic mass is 16.4. The Morgan fingerprint density at radius 2 is 1.14 bits per heavy atom. The van der Waals surface area contributed by atoms with Gasteiger partial charge in [-0.05, 0) is 56.2 Å². The number of amides is 4. The van der Waals surface area contributed by atoms with Crippen molar-refractivity contribution < 1.29 is 78.9 Å². The molecule has 30 heteroatoms. The summed E-state index contributed by atoms with van der Waals surface area (Å²) < 4.78 is 0. The SMILES string of the molecule is O=C(O)CC[C@H](NC(=O)N[C@@H](CCCCCNC(=O)CCCCCCCNc1nc(Nc2ccc(CC3CN(C(=O)O)CCN(CC(=O)O)CCN(CC(=O)O)CCN3CC(=O)O)cc2)nc(N2CCNCC2)n1)C(=O)O)C(=O)O. The maximum atomic E-state index is 12.5. The molecule has 3 heterocycles. The van der Waals surface area contributed by atoms with E-state index in [1.165, 1.54) is 0 Å². The number of anilines is 4. The van der Waals surface area contributed by atoms with Gasteiger partial charge < -0.3 is 77.4 Å². The normalized spacial score (nSPS) is 16.7. The van der Waals surface area contributed by atoms with Crippen LogP contribution in [0.2, 0.25) is 0 Å². The topological polar surface area (TPSA) is 422 Å². The van der Waals surface area contributed by atoms with Crippen molar-refractivity contribution in [1.82, 2.24) is 55.8 Å². The molecule has 30 nitrogen and oxygen atoms in total. The van der Waals surface area contributed by atoms with Gasteiger partial charge in [0.05, 0.1) is 19.6 Å². The van der Waals surface area contributed by atoms with E-state index < -0.39 is 79.0 Å². The van der Waals surface area contributed by atoms with Crippen molar-refractivity contribution in [3.8, 4) is 0 Å². The highest BCUT2D eigenvalue weighted by Crippen LogP contribution is 2.21. The van der Waals surface area contributed by atoms with E-state index >= 15 is 0 Å². The molecular weight excluding hydrogens is 1050 g/mol. The Morgan fingerprint density at radius 3 is 1.75 bits per heavy atom. The highest BCUT2D eigenvalue weighted by molar-refractivity contribution is 5.86. The maximum Gasteiger partial charge on any atom is 0.407 e. The molecule has 1 unspecified atom stereocenters. The quantitative estimate of drug-likeness (QED) is 0.0435. The minimum Gasteiger partial charge on any atom is -0.481 e. The first-order valence-electron chi connectivity index (χ1n) is 26.9. The van der Waals surface area contributed by atoms with Crippen molar-refractivity contribution in [2.75, 3.05) is 120 Å². The Labute approximate surface area is 462 Å². The average Bonchev–Trinajstić information content (AvgIpc) is 3.42. The van der Waals surface area contributed by atoms with Gasteiger partial charge in [-0.2, -0.15) is 15.0 Å². The number of urea groups is 1. The largest absolute Gasteiger partial charge is 0.481 e. The summed E-state index contributed by atoms with van der Waals surface area (Å²) in [5, 5.41) is 83.9. The van der Waals surface area contributed by atoms with Crippen LogP contribution in [0.5, 0.6) is 0 Å². The molecule has 3 atom stereocenters. The lowest BCUT2D eigenvalue weighted by atomic mass is 10.0. The first-order valence-corrected chi connectivity index (χ1v) is 26.9. The lowest BCUT2D eigenvalue weighted by Gasteiger charge is -2.37. The summed E-state index contributed by atoms with van der Waals surface area (Å²) in [6.45, 7) is 3.18. The fourth-order valence-corrected chi connectivity index (χ4v) is 9.01. The fourth-order valence-electron chi connectivity index (χ4n) is 9.01. The Morgan fingerprint density at radius 1 is 0.575 bits per heavy atom. The zero-order chi connectivity index (χ0) is 58.4. The number of nitrogens with one attached hydrogen (secondary N) is 6. The molecule has 2 aromatic rings. The summed E-state index contributed by atoms with van der Waals surface area (Å²) in [6, 6.07) is 2.79. The van der Waals surface area contributed by atoms with Crippen LogP contribution in [0.1, 0.15) is 82.6 Å². The predicted molar refractivity (Wildman–Crippen MR) is 288 cm³/mol. The third-order valence-electron chi connectivity index (χ3n) is 13.3. The van der Waals surface area contributed by atoms with Crippen molar-refractivity contribution in [2.45, 2.75) is 102 Å². The van der Waals surface area contributed by atoms with Gasteiger partial charge in [-0.15, -0.1) is 0 Å². The fraction of sp³-hybridized carbons (Fsp3) is 0.640. The lowest BCUT2D eigenvalue weighted by Crippen LogP contribution is -2.53. The Kier molecular flexibility index (Phi) is 28.4. The molecule has 1 aromatic heterocycles. The number of carbonyl (C=O) groups excluding carboxylic acids is 2. The van der Waals surface area contributed by atoms with E-state index in [4.69, 9.17) is 15.1 Å². The Balaban J connectivity index is 1.25. The van der Waals surface area contributed by atoms with Crippen LogP contribution in [0.4, 0.5) is 33.1 Å². The summed E-state index contributed by atoms with van der Waals surface area (Å²) in [5.74, 6) is -6.27. The Bertz CT molecular complexity index is 2350. The Hall–Kier alpha value is -7.70. The number of aliphatic carboxylic acids is 6. The lowest BCUT2D eigenvalue weighted by molar-refractivity contribution is -0.141. The average molecular weight is 1130 g/mol. The summed E-state index contributed by atoms with van der Waals surface area (Å²) in [7, 11) is 0. The minimum atomic E-state index is -1.50. The summed E-state index contributed by atoms with van der Waals surface area (Å²) in [5.41, 5.74) is 1.40. The second-order valence-electron chi connectivity index (χ2n) is 19.6. The summed E-state index contributed by atoms with van der Waals surface area (Å²) in [6.07, 6.45) is 4.22. The number of piperazine rings is 1. The number of benzene rings is 1. The van der Waals surface area contributed by atoms with E-state index in [-0.39, 0.29) is 84.1 Å². The molecule has 0 bridgehead atoms. The maximum absolute atomic E-state index is 12.5. The number of unbranched alkanes of at least 4 members (excludes halogenated alkanes) is 6. The summed E-state index contributed by atoms with van der Waals surface area (Å²) >= 11 is 0. The molecule has 13 N–H and O–H groups in total. The number of nitrogens with zero attached hydrogens (tertiary/aromatic N) is 8. The van der Waals surface area contributed by atoms with Gasteiger partial charge in [-0.3, -0.25) is 38.7 Å². The van der Waals surface area contributed by atoms with Crippen LogP contribution in [0.15, 0.2) is 24.3 Å². The van der Waals surface area contributed by atoms with Crippen LogP contribution < -0.4 is 36.8 Å². The van der Waals surface area contributed by atoms with E-state index in [1.54, 1.807) is 26.8 Å². The molecule has 4 amide bonds. The van der Waals surface area contributed by atoms with E-state index in [1.807, 2.05) is 12.1 Å². The second-order valence-corrected chi connectivity index (χ2v) is 19.6. The van der Waals surface area contributed by atoms with Gasteiger partial charge in [0.2, 0.25) is 23.8 Å². The van der Waals surface area contributed by atoms with E-state index in [0.29, 0.717) is 81.8 Å². The van der Waals surface area contributed by atoms with Crippen LogP contribution in [-0.2, 0) is 40.0 Å². The number of aromatic nitrogens is 3. The molecule has 444 valence electrons. The third kappa shape index (κ3) is 25.8. The molecule has 1 aromatic carbocycles. The minimum absolute atomic E-state index is 0.0596.